The molecule has 0 atom stereocenters. The van der Waals surface area contributed by atoms with Crippen LogP contribution in [0.5, 0.6) is 0 Å². The third-order valence-electron chi connectivity index (χ3n) is 2.26. The van der Waals surface area contributed by atoms with E-state index in [1.807, 2.05) is 37.5 Å². The lowest BCUT2D eigenvalue weighted by molar-refractivity contribution is 0.763. The Kier molecular flexibility index (Phi) is 3.54. The van der Waals surface area contributed by atoms with Gasteiger partial charge in [-0.15, -0.1) is 5.10 Å². The highest BCUT2D eigenvalue weighted by Crippen LogP contribution is 2.12. The molecule has 1 heterocycles. The average Bonchev–Trinajstić information content (AvgIpc) is 2.76. The van der Waals surface area contributed by atoms with Gasteiger partial charge in [0.05, 0.1) is 17.6 Å². The van der Waals surface area contributed by atoms with Crippen LogP contribution in [-0.4, -0.2) is 28.6 Å². The minimum atomic E-state index is 0.722. The molecule has 5 heteroatoms. The summed E-state index contributed by atoms with van der Waals surface area (Å²) in [7, 11) is 1.92. The molecular formula is C11H13ClN4. The fourth-order valence-electron chi connectivity index (χ4n) is 1.39. The molecule has 0 aliphatic carbocycles. The van der Waals surface area contributed by atoms with Gasteiger partial charge >= 0.3 is 0 Å². The predicted molar refractivity (Wildman–Crippen MR) is 64.0 cm³/mol. The summed E-state index contributed by atoms with van der Waals surface area (Å²) < 4.78 is 1.75. The topological polar surface area (TPSA) is 42.7 Å². The zero-order chi connectivity index (χ0) is 11.4. The first-order valence-electron chi connectivity index (χ1n) is 5.11. The molecule has 84 valence electrons. The van der Waals surface area contributed by atoms with Gasteiger partial charge in [0.1, 0.15) is 0 Å². The van der Waals surface area contributed by atoms with Gasteiger partial charge < -0.3 is 5.32 Å². The van der Waals surface area contributed by atoms with Crippen LogP contribution in [0, 0.1) is 0 Å². The van der Waals surface area contributed by atoms with Crippen LogP contribution in [0.3, 0.4) is 0 Å². The molecule has 0 aliphatic heterocycles. The lowest BCUT2D eigenvalue weighted by Crippen LogP contribution is -2.10. The Morgan fingerprint density at radius 2 is 2.06 bits per heavy atom. The first kappa shape index (κ1) is 11.1. The highest BCUT2D eigenvalue weighted by atomic mass is 35.5. The number of aromatic nitrogens is 3. The van der Waals surface area contributed by atoms with Crippen molar-refractivity contribution in [3.05, 3.63) is 41.2 Å². The van der Waals surface area contributed by atoms with E-state index in [1.165, 1.54) is 0 Å². The SMILES string of the molecule is CNCCc1cn(-c2ccc(Cl)cc2)nn1. The van der Waals surface area contributed by atoms with Crippen molar-refractivity contribution in [1.29, 1.82) is 0 Å². The standard InChI is InChI=1S/C11H13ClN4/c1-13-7-6-10-8-16(15-14-10)11-4-2-9(12)3-5-11/h2-5,8,13H,6-7H2,1H3. The van der Waals surface area contributed by atoms with Crippen LogP contribution in [0.1, 0.15) is 5.69 Å². The number of hydrogen-bond donors (Lipinski definition) is 1. The number of halogens is 1. The minimum absolute atomic E-state index is 0.722. The fourth-order valence-corrected chi connectivity index (χ4v) is 1.51. The second-order valence-corrected chi connectivity index (χ2v) is 3.92. The van der Waals surface area contributed by atoms with Crippen molar-refractivity contribution in [2.24, 2.45) is 0 Å². The van der Waals surface area contributed by atoms with Crippen LogP contribution < -0.4 is 5.32 Å². The zero-order valence-electron chi connectivity index (χ0n) is 9.02. The number of nitrogens with one attached hydrogen (secondary N) is 1. The van der Waals surface area contributed by atoms with Crippen molar-refractivity contribution in [2.45, 2.75) is 6.42 Å². The zero-order valence-corrected chi connectivity index (χ0v) is 9.78. The van der Waals surface area contributed by atoms with E-state index < -0.39 is 0 Å². The molecule has 1 N–H and O–H groups in total. The second kappa shape index (κ2) is 5.09. The Balaban J connectivity index is 2.15. The molecule has 2 rings (SSSR count). The summed E-state index contributed by atoms with van der Waals surface area (Å²) in [5.74, 6) is 0. The molecule has 0 aliphatic rings. The number of hydrogen-bond acceptors (Lipinski definition) is 3. The monoisotopic (exact) mass is 236 g/mol. The number of rotatable bonds is 4. The molecule has 0 spiro atoms. The molecule has 0 saturated heterocycles. The van der Waals surface area contributed by atoms with Gasteiger partial charge in [-0.25, -0.2) is 4.68 Å². The van der Waals surface area contributed by atoms with Crippen molar-refractivity contribution in [2.75, 3.05) is 13.6 Å². The Labute approximate surface area is 99.2 Å². The van der Waals surface area contributed by atoms with Crippen LogP contribution in [0.4, 0.5) is 0 Å². The van der Waals surface area contributed by atoms with E-state index in [0.29, 0.717) is 0 Å². The molecule has 2 aromatic rings. The molecule has 0 radical (unpaired) electrons. The highest BCUT2D eigenvalue weighted by molar-refractivity contribution is 6.30. The minimum Gasteiger partial charge on any atom is -0.319 e. The lowest BCUT2D eigenvalue weighted by atomic mass is 10.3. The number of likely N-dealkylation sites (N-methyl/N-ethyl adjacent to an activating group) is 1. The first-order chi connectivity index (χ1) is 7.79. The summed E-state index contributed by atoms with van der Waals surface area (Å²) >= 11 is 5.82. The number of nitrogens with zero attached hydrogens (tertiary/aromatic N) is 3. The maximum absolute atomic E-state index is 5.82. The molecule has 0 unspecified atom stereocenters. The van der Waals surface area contributed by atoms with Crippen LogP contribution in [-0.2, 0) is 6.42 Å². The van der Waals surface area contributed by atoms with Crippen LogP contribution >= 0.6 is 11.6 Å². The maximum atomic E-state index is 5.82. The Hall–Kier alpha value is -1.39. The van der Waals surface area contributed by atoms with E-state index in [0.717, 1.165) is 29.4 Å². The van der Waals surface area contributed by atoms with Crippen molar-refractivity contribution in [3.8, 4) is 5.69 Å². The molecule has 0 saturated carbocycles. The van der Waals surface area contributed by atoms with Crippen molar-refractivity contribution < 1.29 is 0 Å². The van der Waals surface area contributed by atoms with Crippen LogP contribution in [0.15, 0.2) is 30.5 Å². The molecule has 0 bridgehead atoms. The van der Waals surface area contributed by atoms with Gasteiger partial charge in [0.2, 0.25) is 0 Å². The average molecular weight is 237 g/mol. The summed E-state index contributed by atoms with van der Waals surface area (Å²) in [5, 5.41) is 12.0. The van der Waals surface area contributed by atoms with Gasteiger partial charge in [0, 0.05) is 18.0 Å². The molecule has 0 amide bonds. The highest BCUT2D eigenvalue weighted by Gasteiger charge is 2.01. The third-order valence-corrected chi connectivity index (χ3v) is 2.52. The Morgan fingerprint density at radius 3 is 2.75 bits per heavy atom. The molecule has 1 aromatic heterocycles. The van der Waals surface area contributed by atoms with Crippen LogP contribution in [0.25, 0.3) is 5.69 Å². The van der Waals surface area contributed by atoms with E-state index in [9.17, 15) is 0 Å². The van der Waals surface area contributed by atoms with Gasteiger partial charge in [-0.05, 0) is 31.3 Å². The normalized spacial score (nSPS) is 10.6. The number of benzene rings is 1. The van der Waals surface area contributed by atoms with Crippen LogP contribution in [0.2, 0.25) is 5.02 Å². The van der Waals surface area contributed by atoms with Gasteiger partial charge in [-0.3, -0.25) is 0 Å². The van der Waals surface area contributed by atoms with E-state index >= 15 is 0 Å². The molecular weight excluding hydrogens is 224 g/mol. The Bertz CT molecular complexity index is 449. The van der Waals surface area contributed by atoms with Gasteiger partial charge in [0.25, 0.3) is 0 Å². The smallest absolute Gasteiger partial charge is 0.0844 e. The summed E-state index contributed by atoms with van der Waals surface area (Å²) in [5.41, 5.74) is 1.94. The first-order valence-corrected chi connectivity index (χ1v) is 5.49. The summed E-state index contributed by atoms with van der Waals surface area (Å²) in [6.45, 7) is 0.902. The molecule has 0 fully saturated rings. The molecule has 4 nitrogen and oxygen atoms in total. The maximum Gasteiger partial charge on any atom is 0.0844 e. The fraction of sp³-hybridized carbons (Fsp3) is 0.273. The molecule has 1 aromatic carbocycles. The van der Waals surface area contributed by atoms with Gasteiger partial charge in [-0.2, -0.15) is 0 Å². The van der Waals surface area contributed by atoms with E-state index in [1.54, 1.807) is 4.68 Å². The summed E-state index contributed by atoms with van der Waals surface area (Å²) in [6, 6.07) is 7.51. The third kappa shape index (κ3) is 2.59. The largest absolute Gasteiger partial charge is 0.319 e. The Morgan fingerprint density at radius 1 is 1.31 bits per heavy atom. The van der Waals surface area contributed by atoms with Gasteiger partial charge in [0.15, 0.2) is 0 Å². The predicted octanol–water partition coefficient (Wildman–Crippen LogP) is 1.68. The second-order valence-electron chi connectivity index (χ2n) is 3.48. The molecule has 16 heavy (non-hydrogen) atoms. The summed E-state index contributed by atoms with van der Waals surface area (Å²) in [4.78, 5) is 0. The van der Waals surface area contributed by atoms with Crippen molar-refractivity contribution in [1.82, 2.24) is 20.3 Å². The van der Waals surface area contributed by atoms with E-state index in [2.05, 4.69) is 15.6 Å². The summed E-state index contributed by atoms with van der Waals surface area (Å²) in [6.07, 6.45) is 2.81. The van der Waals surface area contributed by atoms with E-state index in [-0.39, 0.29) is 0 Å². The quantitative estimate of drug-likeness (QED) is 0.879. The van der Waals surface area contributed by atoms with E-state index in [4.69, 9.17) is 11.6 Å². The lowest BCUT2D eigenvalue weighted by Gasteiger charge is -1.98. The van der Waals surface area contributed by atoms with Gasteiger partial charge in [-0.1, -0.05) is 16.8 Å². The van der Waals surface area contributed by atoms with Crippen molar-refractivity contribution >= 4 is 11.6 Å². The van der Waals surface area contributed by atoms with Crippen molar-refractivity contribution in [3.63, 3.8) is 0 Å².